The quantitative estimate of drug-likeness (QED) is 0.684. The number of thiophene rings is 1. The molecule has 0 aliphatic carbocycles. The Bertz CT molecular complexity index is 373. The lowest BCUT2D eigenvalue weighted by Gasteiger charge is -2.17. The van der Waals surface area contributed by atoms with E-state index in [0.29, 0.717) is 6.42 Å². The minimum Gasteiger partial charge on any atom is -0.459 e. The van der Waals surface area contributed by atoms with Crippen LogP contribution in [0, 0.1) is 0 Å². The van der Waals surface area contributed by atoms with E-state index in [1.165, 1.54) is 4.88 Å². The second-order valence-electron chi connectivity index (χ2n) is 4.08. The molecule has 0 amide bonds. The SMILES string of the molecule is CC1O[C@@H]2CC(=O)O[C@@H]2[C@H]1c1cccs1. The number of rotatable bonds is 1. The lowest BCUT2D eigenvalue weighted by molar-refractivity contribution is -0.142. The Morgan fingerprint density at radius 1 is 1.53 bits per heavy atom. The molecule has 4 heteroatoms. The molecule has 2 fully saturated rings. The Kier molecular flexibility index (Phi) is 2.07. The Morgan fingerprint density at radius 2 is 2.40 bits per heavy atom. The van der Waals surface area contributed by atoms with Crippen molar-refractivity contribution in [3.8, 4) is 0 Å². The average molecular weight is 224 g/mol. The second-order valence-corrected chi connectivity index (χ2v) is 5.06. The van der Waals surface area contributed by atoms with Gasteiger partial charge in [-0.3, -0.25) is 4.79 Å². The molecule has 0 aromatic carbocycles. The maximum Gasteiger partial charge on any atom is 0.308 e. The zero-order chi connectivity index (χ0) is 10.4. The van der Waals surface area contributed by atoms with Gasteiger partial charge in [-0.25, -0.2) is 0 Å². The van der Waals surface area contributed by atoms with Crippen molar-refractivity contribution < 1.29 is 14.3 Å². The molecule has 2 aliphatic rings. The fourth-order valence-electron chi connectivity index (χ4n) is 2.49. The van der Waals surface area contributed by atoms with Crippen LogP contribution in [0.15, 0.2) is 17.5 Å². The molecular formula is C11H12O3S. The van der Waals surface area contributed by atoms with E-state index in [9.17, 15) is 4.79 Å². The van der Waals surface area contributed by atoms with Crippen LogP contribution >= 0.6 is 11.3 Å². The third-order valence-electron chi connectivity index (χ3n) is 3.12. The predicted molar refractivity (Wildman–Crippen MR) is 55.9 cm³/mol. The molecule has 1 aromatic rings. The van der Waals surface area contributed by atoms with Crippen molar-refractivity contribution in [3.05, 3.63) is 22.4 Å². The van der Waals surface area contributed by atoms with Crippen LogP contribution < -0.4 is 0 Å². The number of hydrogen-bond donors (Lipinski definition) is 0. The van der Waals surface area contributed by atoms with Gasteiger partial charge in [-0.2, -0.15) is 0 Å². The highest BCUT2D eigenvalue weighted by molar-refractivity contribution is 7.10. The van der Waals surface area contributed by atoms with Gasteiger partial charge in [0, 0.05) is 4.88 Å². The molecule has 2 saturated heterocycles. The van der Waals surface area contributed by atoms with Gasteiger partial charge in [-0.05, 0) is 18.4 Å². The van der Waals surface area contributed by atoms with Gasteiger partial charge < -0.3 is 9.47 Å². The first-order valence-corrected chi connectivity index (χ1v) is 6.02. The summed E-state index contributed by atoms with van der Waals surface area (Å²) in [7, 11) is 0. The molecule has 0 N–H and O–H groups in total. The fourth-order valence-corrected chi connectivity index (χ4v) is 3.44. The van der Waals surface area contributed by atoms with E-state index in [-0.39, 0.29) is 30.2 Å². The summed E-state index contributed by atoms with van der Waals surface area (Å²) in [5.74, 6) is 0.0971. The van der Waals surface area contributed by atoms with E-state index in [1.54, 1.807) is 11.3 Å². The summed E-state index contributed by atoms with van der Waals surface area (Å²) in [6.07, 6.45) is 0.467. The third-order valence-corrected chi connectivity index (χ3v) is 4.10. The molecule has 1 unspecified atom stereocenters. The molecule has 80 valence electrons. The summed E-state index contributed by atoms with van der Waals surface area (Å²) in [5, 5.41) is 2.05. The van der Waals surface area contributed by atoms with Crippen LogP contribution in [0.4, 0.5) is 0 Å². The number of esters is 1. The lowest BCUT2D eigenvalue weighted by Crippen LogP contribution is -2.22. The predicted octanol–water partition coefficient (Wildman–Crippen LogP) is 1.93. The van der Waals surface area contributed by atoms with Crippen molar-refractivity contribution in [2.24, 2.45) is 0 Å². The van der Waals surface area contributed by atoms with Crippen LogP contribution in [0.5, 0.6) is 0 Å². The largest absolute Gasteiger partial charge is 0.459 e. The van der Waals surface area contributed by atoms with Crippen molar-refractivity contribution in [2.75, 3.05) is 0 Å². The Balaban J connectivity index is 1.91. The molecule has 0 spiro atoms. The van der Waals surface area contributed by atoms with Gasteiger partial charge in [0.25, 0.3) is 0 Å². The van der Waals surface area contributed by atoms with Gasteiger partial charge in [-0.15, -0.1) is 11.3 Å². The molecule has 3 heterocycles. The monoisotopic (exact) mass is 224 g/mol. The minimum absolute atomic E-state index is 0.0281. The number of ether oxygens (including phenoxy) is 2. The molecule has 0 saturated carbocycles. The summed E-state index contributed by atoms with van der Waals surface area (Å²) in [6.45, 7) is 2.05. The topological polar surface area (TPSA) is 35.5 Å². The highest BCUT2D eigenvalue weighted by Gasteiger charge is 2.50. The van der Waals surface area contributed by atoms with E-state index < -0.39 is 0 Å². The van der Waals surface area contributed by atoms with E-state index >= 15 is 0 Å². The molecule has 1 aromatic heterocycles. The van der Waals surface area contributed by atoms with E-state index in [4.69, 9.17) is 9.47 Å². The standard InChI is InChI=1S/C11H12O3S/c1-6-10(8-3-2-4-15-8)11-7(13-6)5-9(12)14-11/h2-4,6-7,10-11H,5H2,1H3/t6?,7-,10-,11+/m1/s1. The van der Waals surface area contributed by atoms with Gasteiger partial charge in [-0.1, -0.05) is 6.07 Å². The zero-order valence-electron chi connectivity index (χ0n) is 8.38. The van der Waals surface area contributed by atoms with E-state index in [2.05, 4.69) is 13.0 Å². The van der Waals surface area contributed by atoms with Crippen molar-refractivity contribution in [1.29, 1.82) is 0 Å². The fraction of sp³-hybridized carbons (Fsp3) is 0.545. The van der Waals surface area contributed by atoms with Crippen molar-refractivity contribution in [1.82, 2.24) is 0 Å². The molecule has 3 rings (SSSR count). The van der Waals surface area contributed by atoms with Gasteiger partial charge in [0.2, 0.25) is 0 Å². The molecular weight excluding hydrogens is 212 g/mol. The first-order valence-electron chi connectivity index (χ1n) is 5.14. The summed E-state index contributed by atoms with van der Waals surface area (Å²) < 4.78 is 11.1. The van der Waals surface area contributed by atoms with Crippen LogP contribution in [0.25, 0.3) is 0 Å². The molecule has 4 atom stereocenters. The first-order chi connectivity index (χ1) is 7.25. The van der Waals surface area contributed by atoms with Crippen molar-refractivity contribution in [2.45, 2.75) is 37.6 Å². The van der Waals surface area contributed by atoms with Crippen LogP contribution in [-0.2, 0) is 14.3 Å². The summed E-state index contributed by atoms with van der Waals surface area (Å²) >= 11 is 1.70. The highest BCUT2D eigenvalue weighted by atomic mass is 32.1. The number of carbonyl (C=O) groups is 1. The maximum absolute atomic E-state index is 11.2. The van der Waals surface area contributed by atoms with Gasteiger partial charge >= 0.3 is 5.97 Å². The smallest absolute Gasteiger partial charge is 0.308 e. The van der Waals surface area contributed by atoms with Crippen molar-refractivity contribution in [3.63, 3.8) is 0 Å². The summed E-state index contributed by atoms with van der Waals surface area (Å²) in [6, 6.07) is 4.11. The van der Waals surface area contributed by atoms with E-state index in [0.717, 1.165) is 0 Å². The van der Waals surface area contributed by atoms with Crippen LogP contribution in [0.3, 0.4) is 0 Å². The molecule has 2 aliphatic heterocycles. The van der Waals surface area contributed by atoms with Gasteiger partial charge in [0.1, 0.15) is 12.2 Å². The number of fused-ring (bicyclic) bond motifs is 1. The molecule has 0 bridgehead atoms. The van der Waals surface area contributed by atoms with Crippen LogP contribution in [0.2, 0.25) is 0 Å². The first kappa shape index (κ1) is 9.36. The van der Waals surface area contributed by atoms with E-state index in [1.807, 2.05) is 11.4 Å². The normalized spacial score (nSPS) is 39.1. The van der Waals surface area contributed by atoms with Gasteiger partial charge in [0.15, 0.2) is 0 Å². The van der Waals surface area contributed by atoms with Gasteiger partial charge in [0.05, 0.1) is 18.4 Å². The Hall–Kier alpha value is -0.870. The van der Waals surface area contributed by atoms with Crippen LogP contribution in [0.1, 0.15) is 24.1 Å². The number of hydrogen-bond acceptors (Lipinski definition) is 4. The molecule has 0 radical (unpaired) electrons. The highest BCUT2D eigenvalue weighted by Crippen LogP contribution is 2.43. The second kappa shape index (κ2) is 3.32. The molecule has 3 nitrogen and oxygen atoms in total. The lowest BCUT2D eigenvalue weighted by atomic mass is 9.95. The number of carbonyl (C=O) groups excluding carboxylic acids is 1. The Morgan fingerprint density at radius 3 is 3.13 bits per heavy atom. The molecule has 15 heavy (non-hydrogen) atoms. The zero-order valence-corrected chi connectivity index (χ0v) is 9.20. The van der Waals surface area contributed by atoms with Crippen LogP contribution in [-0.4, -0.2) is 24.3 Å². The summed E-state index contributed by atoms with van der Waals surface area (Å²) in [5.41, 5.74) is 0. The maximum atomic E-state index is 11.2. The third kappa shape index (κ3) is 1.40. The average Bonchev–Trinajstić information content (AvgIpc) is 2.80. The Labute approximate surface area is 92.0 Å². The minimum atomic E-state index is -0.126. The summed E-state index contributed by atoms with van der Waals surface area (Å²) in [4.78, 5) is 12.4. The van der Waals surface area contributed by atoms with Crippen molar-refractivity contribution >= 4 is 17.3 Å².